The molecule has 1 unspecified atom stereocenters. The second-order valence-corrected chi connectivity index (χ2v) is 7.64. The van der Waals surface area contributed by atoms with Crippen LogP contribution in [0.5, 0.6) is 0 Å². The molecule has 0 saturated carbocycles. The number of hydrogen-bond acceptors (Lipinski definition) is 4. The fraction of sp³-hybridized carbons (Fsp3) is 0.409. The molecule has 2 aromatic rings. The van der Waals surface area contributed by atoms with Crippen molar-refractivity contribution in [3.8, 4) is 0 Å². The Kier molecular flexibility index (Phi) is 7.23. The van der Waals surface area contributed by atoms with E-state index in [-0.39, 0.29) is 24.2 Å². The summed E-state index contributed by atoms with van der Waals surface area (Å²) in [7, 11) is 0. The van der Waals surface area contributed by atoms with Crippen LogP contribution >= 0.6 is 12.4 Å². The molecule has 154 valence electrons. The maximum absolute atomic E-state index is 12.6. The number of hydrogen-bond donors (Lipinski definition) is 2. The van der Waals surface area contributed by atoms with Gasteiger partial charge in [0.05, 0.1) is 0 Å². The van der Waals surface area contributed by atoms with Crippen LogP contribution in [-0.4, -0.2) is 47.9 Å². The number of carbonyl (C=O) groups excluding carboxylic acids is 2. The zero-order valence-corrected chi connectivity index (χ0v) is 17.2. The monoisotopic (exact) mass is 414 g/mol. The number of rotatable bonds is 5. The molecule has 1 atom stereocenters. The van der Waals surface area contributed by atoms with Crippen molar-refractivity contribution in [2.24, 2.45) is 5.92 Å². The predicted molar refractivity (Wildman–Crippen MR) is 116 cm³/mol. The lowest BCUT2D eigenvalue weighted by atomic mass is 9.98. The van der Waals surface area contributed by atoms with Crippen LogP contribution in [0.3, 0.4) is 0 Å². The molecule has 0 aliphatic carbocycles. The first-order valence-corrected chi connectivity index (χ1v) is 10.1. The standard InChI is InChI=1S/C22H26N4O2.ClH/c27-21(18-5-3-16(4-6-18)13-17-7-9-23-15-17)25-20-14-19(8-10-24-20)22(28)26-11-1-2-12-26;/h3-6,8,10,14,17,23H,1-2,7,9,11-13,15H2,(H,24,25,27);1H. The van der Waals surface area contributed by atoms with E-state index in [0.717, 1.165) is 45.4 Å². The molecule has 1 aromatic heterocycles. The van der Waals surface area contributed by atoms with Crippen molar-refractivity contribution in [3.63, 3.8) is 0 Å². The lowest BCUT2D eigenvalue weighted by Gasteiger charge is -2.15. The first-order chi connectivity index (χ1) is 13.7. The largest absolute Gasteiger partial charge is 0.339 e. The van der Waals surface area contributed by atoms with Crippen LogP contribution in [0.15, 0.2) is 42.6 Å². The Morgan fingerprint density at radius 1 is 1.10 bits per heavy atom. The van der Waals surface area contributed by atoms with E-state index in [2.05, 4.69) is 15.6 Å². The Hall–Kier alpha value is -2.44. The number of halogens is 1. The SMILES string of the molecule is Cl.O=C(Nc1cc(C(=O)N2CCCC2)ccn1)c1ccc(CC2CCNC2)cc1. The number of nitrogens with zero attached hydrogens (tertiary/aromatic N) is 2. The minimum Gasteiger partial charge on any atom is -0.339 e. The summed E-state index contributed by atoms with van der Waals surface area (Å²) in [5.41, 5.74) is 2.40. The van der Waals surface area contributed by atoms with E-state index >= 15 is 0 Å². The Labute approximate surface area is 177 Å². The maximum atomic E-state index is 12.6. The summed E-state index contributed by atoms with van der Waals surface area (Å²) in [4.78, 5) is 31.1. The van der Waals surface area contributed by atoms with Crippen molar-refractivity contribution in [1.82, 2.24) is 15.2 Å². The number of amides is 2. The van der Waals surface area contributed by atoms with Crippen molar-refractivity contribution < 1.29 is 9.59 Å². The molecule has 2 amide bonds. The van der Waals surface area contributed by atoms with E-state index in [1.165, 1.54) is 12.0 Å². The topological polar surface area (TPSA) is 74.3 Å². The van der Waals surface area contributed by atoms with E-state index in [1.807, 2.05) is 29.2 Å². The van der Waals surface area contributed by atoms with Gasteiger partial charge >= 0.3 is 0 Å². The van der Waals surface area contributed by atoms with E-state index in [9.17, 15) is 9.59 Å². The van der Waals surface area contributed by atoms with Gasteiger partial charge in [0, 0.05) is 30.4 Å². The molecule has 7 heteroatoms. The molecule has 2 fully saturated rings. The highest BCUT2D eigenvalue weighted by Crippen LogP contribution is 2.17. The Bertz CT molecular complexity index is 844. The zero-order chi connectivity index (χ0) is 19.3. The second-order valence-electron chi connectivity index (χ2n) is 7.64. The van der Waals surface area contributed by atoms with Crippen LogP contribution in [0.25, 0.3) is 0 Å². The first-order valence-electron chi connectivity index (χ1n) is 10.1. The van der Waals surface area contributed by atoms with Crippen LogP contribution in [0, 0.1) is 5.92 Å². The quantitative estimate of drug-likeness (QED) is 0.788. The van der Waals surface area contributed by atoms with Gasteiger partial charge in [-0.05, 0) is 74.5 Å². The Balaban J connectivity index is 0.00000240. The van der Waals surface area contributed by atoms with Gasteiger partial charge in [-0.2, -0.15) is 0 Å². The van der Waals surface area contributed by atoms with Gasteiger partial charge < -0.3 is 15.5 Å². The summed E-state index contributed by atoms with van der Waals surface area (Å²) in [5, 5.41) is 6.19. The van der Waals surface area contributed by atoms with Crippen molar-refractivity contribution in [2.45, 2.75) is 25.7 Å². The number of carbonyl (C=O) groups is 2. The van der Waals surface area contributed by atoms with Gasteiger partial charge in [-0.25, -0.2) is 4.98 Å². The van der Waals surface area contributed by atoms with Gasteiger partial charge in [0.1, 0.15) is 5.82 Å². The fourth-order valence-electron chi connectivity index (χ4n) is 3.94. The summed E-state index contributed by atoms with van der Waals surface area (Å²) in [6.07, 6.45) is 5.91. The summed E-state index contributed by atoms with van der Waals surface area (Å²) < 4.78 is 0. The average Bonchev–Trinajstić information content (AvgIpc) is 3.42. The van der Waals surface area contributed by atoms with Gasteiger partial charge in [-0.3, -0.25) is 9.59 Å². The molecule has 1 aromatic carbocycles. The second kappa shape index (κ2) is 9.85. The van der Waals surface area contributed by atoms with Gasteiger partial charge in [0.15, 0.2) is 0 Å². The number of nitrogens with one attached hydrogen (secondary N) is 2. The zero-order valence-electron chi connectivity index (χ0n) is 16.4. The highest BCUT2D eigenvalue weighted by Gasteiger charge is 2.20. The molecule has 2 N–H and O–H groups in total. The summed E-state index contributed by atoms with van der Waals surface area (Å²) in [6.45, 7) is 3.76. The predicted octanol–water partition coefficient (Wildman–Crippen LogP) is 3.14. The van der Waals surface area contributed by atoms with Crippen LogP contribution in [-0.2, 0) is 6.42 Å². The molecule has 2 aliphatic rings. The minimum absolute atomic E-state index is 0. The molecule has 29 heavy (non-hydrogen) atoms. The lowest BCUT2D eigenvalue weighted by molar-refractivity contribution is 0.0792. The molecule has 3 heterocycles. The highest BCUT2D eigenvalue weighted by molar-refractivity contribution is 6.04. The first kappa shape index (κ1) is 21.3. The normalized spacial score (nSPS) is 18.3. The maximum Gasteiger partial charge on any atom is 0.256 e. The molecule has 0 radical (unpaired) electrons. The number of benzene rings is 1. The van der Waals surface area contributed by atoms with E-state index in [0.29, 0.717) is 22.9 Å². The molecule has 6 nitrogen and oxygen atoms in total. The third kappa shape index (κ3) is 5.34. The molecular weight excluding hydrogens is 388 g/mol. The molecule has 0 bridgehead atoms. The van der Waals surface area contributed by atoms with Gasteiger partial charge in [-0.1, -0.05) is 12.1 Å². The van der Waals surface area contributed by atoms with Gasteiger partial charge in [-0.15, -0.1) is 12.4 Å². The third-order valence-electron chi connectivity index (χ3n) is 5.54. The average molecular weight is 415 g/mol. The van der Waals surface area contributed by atoms with E-state index < -0.39 is 0 Å². The minimum atomic E-state index is -0.215. The number of anilines is 1. The fourth-order valence-corrected chi connectivity index (χ4v) is 3.94. The van der Waals surface area contributed by atoms with Gasteiger partial charge in [0.25, 0.3) is 11.8 Å². The summed E-state index contributed by atoms with van der Waals surface area (Å²) in [6, 6.07) is 11.1. The summed E-state index contributed by atoms with van der Waals surface area (Å²) in [5.74, 6) is 0.865. The Morgan fingerprint density at radius 2 is 1.86 bits per heavy atom. The van der Waals surface area contributed by atoms with E-state index in [4.69, 9.17) is 0 Å². The van der Waals surface area contributed by atoms with E-state index in [1.54, 1.807) is 18.3 Å². The highest BCUT2D eigenvalue weighted by atomic mass is 35.5. The molecule has 0 spiro atoms. The van der Waals surface area contributed by atoms with Crippen molar-refractivity contribution >= 4 is 30.0 Å². The van der Waals surface area contributed by atoms with Crippen molar-refractivity contribution in [1.29, 1.82) is 0 Å². The number of pyridine rings is 1. The van der Waals surface area contributed by atoms with Crippen LogP contribution in [0.1, 0.15) is 45.5 Å². The third-order valence-corrected chi connectivity index (χ3v) is 5.54. The van der Waals surface area contributed by atoms with Crippen molar-refractivity contribution in [3.05, 3.63) is 59.3 Å². The van der Waals surface area contributed by atoms with Crippen molar-refractivity contribution in [2.75, 3.05) is 31.5 Å². The molecule has 2 aliphatic heterocycles. The van der Waals surface area contributed by atoms with Crippen LogP contribution < -0.4 is 10.6 Å². The molecule has 4 rings (SSSR count). The Morgan fingerprint density at radius 3 is 2.55 bits per heavy atom. The van der Waals surface area contributed by atoms with Crippen LogP contribution in [0.2, 0.25) is 0 Å². The van der Waals surface area contributed by atoms with Crippen LogP contribution in [0.4, 0.5) is 5.82 Å². The molecular formula is C22H27ClN4O2. The lowest BCUT2D eigenvalue weighted by Crippen LogP contribution is -2.27. The molecule has 2 saturated heterocycles. The number of likely N-dealkylation sites (tertiary alicyclic amines) is 1. The summed E-state index contributed by atoms with van der Waals surface area (Å²) >= 11 is 0. The van der Waals surface area contributed by atoms with Gasteiger partial charge in [0.2, 0.25) is 0 Å². The smallest absolute Gasteiger partial charge is 0.256 e. The number of aromatic nitrogens is 1.